The zero-order valence-electron chi connectivity index (χ0n) is 11.3. The number of nitrogen functional groups attached to an aromatic ring is 1. The predicted molar refractivity (Wildman–Crippen MR) is 74.1 cm³/mol. The Labute approximate surface area is 117 Å². The van der Waals surface area contributed by atoms with Crippen LogP contribution in [0.1, 0.15) is 10.4 Å². The van der Waals surface area contributed by atoms with Crippen molar-refractivity contribution < 1.29 is 15.0 Å². The van der Waals surface area contributed by atoms with E-state index in [1.165, 1.54) is 6.20 Å². The number of aliphatic hydroxyl groups is 2. The van der Waals surface area contributed by atoms with Crippen molar-refractivity contribution in [2.75, 3.05) is 45.1 Å². The highest BCUT2D eigenvalue weighted by molar-refractivity contribution is 5.94. The molecular weight excluding hydrogens is 260 g/mol. The molecular formula is C13H20N4O3. The maximum atomic E-state index is 12.3. The van der Waals surface area contributed by atoms with Crippen LogP contribution in [-0.2, 0) is 0 Å². The Balaban J connectivity index is 2.04. The van der Waals surface area contributed by atoms with Crippen molar-refractivity contribution in [2.45, 2.75) is 6.10 Å². The van der Waals surface area contributed by atoms with Crippen LogP contribution in [0.4, 0.5) is 5.82 Å². The van der Waals surface area contributed by atoms with Gasteiger partial charge in [0.2, 0.25) is 0 Å². The summed E-state index contributed by atoms with van der Waals surface area (Å²) in [6.45, 7) is 2.44. The third kappa shape index (κ3) is 3.66. The van der Waals surface area contributed by atoms with E-state index in [0.717, 1.165) is 0 Å². The normalized spacial score (nSPS) is 20.7. The van der Waals surface area contributed by atoms with Gasteiger partial charge in [0, 0.05) is 38.9 Å². The second-order valence-corrected chi connectivity index (χ2v) is 4.90. The van der Waals surface area contributed by atoms with E-state index in [-0.39, 0.29) is 19.1 Å². The monoisotopic (exact) mass is 280 g/mol. The summed E-state index contributed by atoms with van der Waals surface area (Å²) in [5.74, 6) is 0.203. The Kier molecular flexibility index (Phi) is 4.89. The molecule has 1 unspecified atom stereocenters. The highest BCUT2D eigenvalue weighted by Gasteiger charge is 2.24. The number of pyridine rings is 1. The van der Waals surface area contributed by atoms with Crippen LogP contribution in [0.5, 0.6) is 0 Å². The first kappa shape index (κ1) is 14.7. The maximum absolute atomic E-state index is 12.3. The molecule has 0 aliphatic carbocycles. The lowest BCUT2D eigenvalue weighted by atomic mass is 10.2. The van der Waals surface area contributed by atoms with Gasteiger partial charge < -0.3 is 20.8 Å². The molecule has 1 amide bonds. The average molecular weight is 280 g/mol. The molecule has 2 rings (SSSR count). The van der Waals surface area contributed by atoms with Crippen LogP contribution >= 0.6 is 0 Å². The first-order valence-corrected chi connectivity index (χ1v) is 6.62. The maximum Gasteiger partial charge on any atom is 0.255 e. The number of hydrogen-bond donors (Lipinski definition) is 3. The molecule has 0 aromatic carbocycles. The van der Waals surface area contributed by atoms with Crippen LogP contribution in [0.3, 0.4) is 0 Å². The Morgan fingerprint density at radius 3 is 2.85 bits per heavy atom. The number of aromatic nitrogens is 1. The molecule has 4 N–H and O–H groups in total. The third-order valence-electron chi connectivity index (χ3n) is 3.32. The largest absolute Gasteiger partial charge is 0.395 e. The van der Waals surface area contributed by atoms with E-state index < -0.39 is 6.10 Å². The number of anilines is 1. The van der Waals surface area contributed by atoms with E-state index in [0.29, 0.717) is 37.6 Å². The number of carbonyl (C=O) groups is 1. The first-order chi connectivity index (χ1) is 9.60. The minimum Gasteiger partial charge on any atom is -0.395 e. The molecule has 1 aromatic heterocycles. The zero-order valence-corrected chi connectivity index (χ0v) is 11.3. The molecule has 0 bridgehead atoms. The second kappa shape index (κ2) is 6.65. The lowest BCUT2D eigenvalue weighted by Crippen LogP contribution is -2.37. The number of amides is 1. The highest BCUT2D eigenvalue weighted by atomic mass is 16.3. The molecule has 7 heteroatoms. The van der Waals surface area contributed by atoms with Crippen molar-refractivity contribution in [3.8, 4) is 0 Å². The fourth-order valence-electron chi connectivity index (χ4n) is 2.30. The first-order valence-electron chi connectivity index (χ1n) is 6.62. The number of β-amino-alcohol motifs (C(OH)–C–C–N with tert-alkyl or cyclic N) is 2. The van der Waals surface area contributed by atoms with Crippen molar-refractivity contribution in [2.24, 2.45) is 0 Å². The average Bonchev–Trinajstić information content (AvgIpc) is 2.61. The van der Waals surface area contributed by atoms with E-state index in [1.807, 2.05) is 4.90 Å². The van der Waals surface area contributed by atoms with E-state index in [4.69, 9.17) is 10.8 Å². The van der Waals surface area contributed by atoms with Gasteiger partial charge in [0.1, 0.15) is 5.82 Å². The number of nitrogens with two attached hydrogens (primary N) is 1. The summed E-state index contributed by atoms with van der Waals surface area (Å²) in [5, 5.41) is 18.9. The molecule has 1 saturated heterocycles. The Bertz CT molecular complexity index is 451. The van der Waals surface area contributed by atoms with Gasteiger partial charge in [-0.05, 0) is 12.1 Å². The van der Waals surface area contributed by atoms with Gasteiger partial charge in [-0.2, -0.15) is 0 Å². The van der Waals surface area contributed by atoms with E-state index in [2.05, 4.69) is 4.98 Å². The van der Waals surface area contributed by atoms with Crippen LogP contribution in [0, 0.1) is 0 Å². The summed E-state index contributed by atoms with van der Waals surface area (Å²) < 4.78 is 0. The zero-order chi connectivity index (χ0) is 14.5. The van der Waals surface area contributed by atoms with E-state index >= 15 is 0 Å². The van der Waals surface area contributed by atoms with Crippen molar-refractivity contribution in [1.82, 2.24) is 14.8 Å². The van der Waals surface area contributed by atoms with Crippen molar-refractivity contribution in [1.29, 1.82) is 0 Å². The molecule has 7 nitrogen and oxygen atoms in total. The number of nitrogens with zero attached hydrogens (tertiary/aromatic N) is 3. The molecule has 1 fully saturated rings. The molecule has 0 saturated carbocycles. The summed E-state index contributed by atoms with van der Waals surface area (Å²) in [5.41, 5.74) is 5.96. The van der Waals surface area contributed by atoms with Gasteiger partial charge in [-0.15, -0.1) is 0 Å². The lowest BCUT2D eigenvalue weighted by molar-refractivity contribution is 0.0660. The second-order valence-electron chi connectivity index (χ2n) is 4.90. The Hall–Kier alpha value is -1.70. The van der Waals surface area contributed by atoms with Crippen molar-refractivity contribution >= 4 is 11.7 Å². The van der Waals surface area contributed by atoms with E-state index in [9.17, 15) is 9.90 Å². The van der Waals surface area contributed by atoms with Crippen LogP contribution < -0.4 is 5.73 Å². The van der Waals surface area contributed by atoms with Gasteiger partial charge >= 0.3 is 0 Å². The topological polar surface area (TPSA) is 103 Å². The van der Waals surface area contributed by atoms with Gasteiger partial charge in [0.15, 0.2) is 0 Å². The number of rotatable bonds is 3. The van der Waals surface area contributed by atoms with Crippen LogP contribution in [0.25, 0.3) is 0 Å². The van der Waals surface area contributed by atoms with Gasteiger partial charge in [-0.25, -0.2) is 4.98 Å². The molecule has 0 radical (unpaired) electrons. The molecule has 110 valence electrons. The SMILES string of the molecule is Nc1ccc(C(=O)N2CCN(CCO)CC(O)C2)cn1. The molecule has 1 aliphatic rings. The fraction of sp³-hybridized carbons (Fsp3) is 0.538. The van der Waals surface area contributed by atoms with Crippen molar-refractivity contribution in [3.05, 3.63) is 23.9 Å². The Morgan fingerprint density at radius 2 is 2.20 bits per heavy atom. The molecule has 1 atom stereocenters. The summed E-state index contributed by atoms with van der Waals surface area (Å²) >= 11 is 0. The van der Waals surface area contributed by atoms with Crippen LogP contribution in [0.15, 0.2) is 18.3 Å². The summed E-state index contributed by atoms with van der Waals surface area (Å²) in [4.78, 5) is 19.8. The number of aliphatic hydroxyl groups excluding tert-OH is 2. The molecule has 0 spiro atoms. The van der Waals surface area contributed by atoms with Gasteiger partial charge in [-0.1, -0.05) is 0 Å². The number of carbonyl (C=O) groups excluding carboxylic acids is 1. The van der Waals surface area contributed by atoms with Crippen LogP contribution in [-0.4, -0.2) is 76.3 Å². The molecule has 1 aromatic rings. The standard InChI is InChI=1S/C13H20N4O3/c14-12-2-1-10(7-15-12)13(20)17-4-3-16(5-6-18)8-11(19)9-17/h1-2,7,11,18-19H,3-6,8-9H2,(H2,14,15). The highest BCUT2D eigenvalue weighted by Crippen LogP contribution is 2.10. The minimum absolute atomic E-state index is 0.0442. The predicted octanol–water partition coefficient (Wildman–Crippen LogP) is -1.23. The quantitative estimate of drug-likeness (QED) is 0.641. The minimum atomic E-state index is -0.616. The van der Waals surface area contributed by atoms with E-state index in [1.54, 1.807) is 17.0 Å². The summed E-state index contributed by atoms with van der Waals surface area (Å²) in [7, 11) is 0. The fourth-order valence-corrected chi connectivity index (χ4v) is 2.30. The van der Waals surface area contributed by atoms with Gasteiger partial charge in [0.05, 0.1) is 18.3 Å². The summed E-state index contributed by atoms with van der Waals surface area (Å²) in [6.07, 6.45) is 0.829. The lowest BCUT2D eigenvalue weighted by Gasteiger charge is -2.21. The molecule has 20 heavy (non-hydrogen) atoms. The number of hydrogen-bond acceptors (Lipinski definition) is 6. The molecule has 1 aliphatic heterocycles. The third-order valence-corrected chi connectivity index (χ3v) is 3.32. The summed E-state index contributed by atoms with van der Waals surface area (Å²) in [6, 6.07) is 3.22. The van der Waals surface area contributed by atoms with Gasteiger partial charge in [0.25, 0.3) is 5.91 Å². The Morgan fingerprint density at radius 1 is 1.40 bits per heavy atom. The molecule has 2 heterocycles. The van der Waals surface area contributed by atoms with Gasteiger partial charge in [-0.3, -0.25) is 9.69 Å². The smallest absolute Gasteiger partial charge is 0.255 e. The van der Waals surface area contributed by atoms with Crippen LogP contribution in [0.2, 0.25) is 0 Å². The van der Waals surface area contributed by atoms with Crippen molar-refractivity contribution in [3.63, 3.8) is 0 Å².